The van der Waals surface area contributed by atoms with Crippen LogP contribution in [0.2, 0.25) is 0 Å². The Balaban J connectivity index is 3.12. The maximum atomic E-state index is 12.9. The molecule has 13 heavy (non-hydrogen) atoms. The van der Waals surface area contributed by atoms with Crippen LogP contribution in [0.5, 0.6) is 0 Å². The Hall–Kier alpha value is -1.51. The number of Topliss-reactive ketones (excluding diaryl/α,β-unsaturated/α-hetero) is 1. The van der Waals surface area contributed by atoms with Crippen molar-refractivity contribution in [2.75, 3.05) is 0 Å². The number of benzene rings is 1. The molecule has 0 heterocycles. The molecule has 0 saturated carbocycles. The highest BCUT2D eigenvalue weighted by atomic mass is 19.1. The second-order valence-corrected chi connectivity index (χ2v) is 2.51. The molecule has 0 spiro atoms. The second kappa shape index (κ2) is 3.94. The third-order valence-corrected chi connectivity index (χ3v) is 1.57. The molecule has 0 atom stereocenters. The lowest BCUT2D eigenvalue weighted by Crippen LogP contribution is -2.04. The van der Waals surface area contributed by atoms with Crippen LogP contribution in [-0.2, 0) is 0 Å². The van der Waals surface area contributed by atoms with Crippen LogP contribution >= 0.6 is 0 Å². The van der Waals surface area contributed by atoms with E-state index in [1.54, 1.807) is 0 Å². The maximum Gasteiger partial charge on any atom is 0.172 e. The van der Waals surface area contributed by atoms with E-state index in [1.165, 1.54) is 12.1 Å². The third-order valence-electron chi connectivity index (χ3n) is 1.57. The summed E-state index contributed by atoms with van der Waals surface area (Å²) < 4.78 is 25.9. The zero-order valence-corrected chi connectivity index (χ0v) is 6.89. The van der Waals surface area contributed by atoms with Gasteiger partial charge < -0.3 is 0 Å². The molecular formula is C10H8F2O. The molecule has 0 saturated heterocycles. The Labute approximate surface area is 74.7 Å². The predicted molar refractivity (Wildman–Crippen MR) is 45.5 cm³/mol. The lowest BCUT2D eigenvalue weighted by atomic mass is 10.1. The van der Waals surface area contributed by atoms with Crippen molar-refractivity contribution >= 4 is 5.78 Å². The van der Waals surface area contributed by atoms with E-state index in [0.717, 1.165) is 12.1 Å². The summed E-state index contributed by atoms with van der Waals surface area (Å²) in [6, 6.07) is 3.33. The monoisotopic (exact) mass is 182 g/mol. The summed E-state index contributed by atoms with van der Waals surface area (Å²) in [4.78, 5) is 11.1. The number of ketones is 1. The van der Waals surface area contributed by atoms with Crippen LogP contribution in [-0.4, -0.2) is 5.78 Å². The van der Waals surface area contributed by atoms with Crippen LogP contribution in [0.3, 0.4) is 0 Å². The molecule has 0 amide bonds. The molecular weight excluding hydrogens is 174 g/mol. The summed E-state index contributed by atoms with van der Waals surface area (Å²) in [7, 11) is 0. The predicted octanol–water partition coefficient (Wildman–Crippen LogP) is 2.72. The summed E-state index contributed by atoms with van der Waals surface area (Å²) >= 11 is 0. The minimum Gasteiger partial charge on any atom is -0.294 e. The zero-order chi connectivity index (χ0) is 9.84. The number of carbonyl (C=O) groups is 1. The number of carbonyl (C=O) groups excluding carboxylic acids is 1. The fourth-order valence-corrected chi connectivity index (χ4v) is 0.997. The molecule has 0 aliphatic carbocycles. The molecule has 0 aromatic heterocycles. The van der Waals surface area contributed by atoms with Crippen molar-refractivity contribution in [2.45, 2.75) is 6.42 Å². The van der Waals surface area contributed by atoms with Gasteiger partial charge >= 0.3 is 0 Å². The number of allylic oxidation sites excluding steroid dienone is 1. The largest absolute Gasteiger partial charge is 0.294 e. The lowest BCUT2D eigenvalue weighted by Gasteiger charge is -2.00. The van der Waals surface area contributed by atoms with Gasteiger partial charge in [0.25, 0.3) is 0 Å². The molecule has 0 unspecified atom stereocenters. The van der Waals surface area contributed by atoms with Crippen molar-refractivity contribution in [1.29, 1.82) is 0 Å². The average Bonchev–Trinajstić information content (AvgIpc) is 2.04. The first-order valence-electron chi connectivity index (χ1n) is 3.75. The van der Waals surface area contributed by atoms with Gasteiger partial charge in [0.1, 0.15) is 11.6 Å². The van der Waals surface area contributed by atoms with Crippen LogP contribution in [0.25, 0.3) is 0 Å². The first-order valence-corrected chi connectivity index (χ1v) is 3.75. The van der Waals surface area contributed by atoms with Crippen molar-refractivity contribution in [3.05, 3.63) is 48.1 Å². The van der Waals surface area contributed by atoms with Crippen LogP contribution in [0.4, 0.5) is 8.78 Å². The molecule has 0 aliphatic rings. The van der Waals surface area contributed by atoms with E-state index in [-0.39, 0.29) is 6.42 Å². The zero-order valence-electron chi connectivity index (χ0n) is 6.89. The Bertz CT molecular complexity index is 325. The quantitative estimate of drug-likeness (QED) is 0.518. The van der Waals surface area contributed by atoms with Gasteiger partial charge in [0, 0.05) is 6.42 Å². The summed E-state index contributed by atoms with van der Waals surface area (Å²) in [5.41, 5.74) is -0.484. The van der Waals surface area contributed by atoms with Gasteiger partial charge in [0.05, 0.1) is 5.56 Å². The standard InChI is InChI=1S/C10H8F2O/c1-2-4-9(13)10-7(11)5-3-6-8(10)12/h2-3,5-6H,1,4H2. The van der Waals surface area contributed by atoms with Crippen LogP contribution in [0, 0.1) is 11.6 Å². The van der Waals surface area contributed by atoms with Crippen molar-refractivity contribution < 1.29 is 13.6 Å². The van der Waals surface area contributed by atoms with Gasteiger partial charge in [-0.2, -0.15) is 0 Å². The Morgan fingerprint density at radius 3 is 2.38 bits per heavy atom. The molecule has 3 heteroatoms. The van der Waals surface area contributed by atoms with E-state index in [2.05, 4.69) is 6.58 Å². The highest BCUT2D eigenvalue weighted by Gasteiger charge is 2.14. The van der Waals surface area contributed by atoms with Crippen molar-refractivity contribution in [3.8, 4) is 0 Å². The van der Waals surface area contributed by atoms with Gasteiger partial charge in [-0.25, -0.2) is 8.78 Å². The van der Waals surface area contributed by atoms with Crippen LogP contribution in [0.15, 0.2) is 30.9 Å². The molecule has 0 bridgehead atoms. The van der Waals surface area contributed by atoms with Gasteiger partial charge in [0.2, 0.25) is 0 Å². The SMILES string of the molecule is C=CCC(=O)c1c(F)cccc1F. The normalized spacial score (nSPS) is 9.69. The lowest BCUT2D eigenvalue weighted by molar-refractivity contribution is 0.0988. The van der Waals surface area contributed by atoms with Crippen LogP contribution in [0.1, 0.15) is 16.8 Å². The number of rotatable bonds is 3. The Kier molecular flexibility index (Phi) is 2.90. The third kappa shape index (κ3) is 1.99. The first-order chi connectivity index (χ1) is 6.16. The number of hydrogen-bond donors (Lipinski definition) is 0. The second-order valence-electron chi connectivity index (χ2n) is 2.51. The molecule has 0 aliphatic heterocycles. The summed E-state index contributed by atoms with van der Waals surface area (Å²) in [6.07, 6.45) is 1.26. The minimum atomic E-state index is -0.827. The highest BCUT2D eigenvalue weighted by Crippen LogP contribution is 2.14. The van der Waals surface area contributed by atoms with Gasteiger partial charge in [-0.15, -0.1) is 6.58 Å². The van der Waals surface area contributed by atoms with E-state index in [9.17, 15) is 13.6 Å². The van der Waals surface area contributed by atoms with Crippen LogP contribution < -0.4 is 0 Å². The molecule has 1 nitrogen and oxygen atoms in total. The topological polar surface area (TPSA) is 17.1 Å². The van der Waals surface area contributed by atoms with E-state index in [4.69, 9.17) is 0 Å². The van der Waals surface area contributed by atoms with Gasteiger partial charge in [-0.05, 0) is 12.1 Å². The molecule has 1 aromatic rings. The van der Waals surface area contributed by atoms with E-state index in [0.29, 0.717) is 0 Å². The number of halogens is 2. The Morgan fingerprint density at radius 2 is 1.92 bits per heavy atom. The fraction of sp³-hybridized carbons (Fsp3) is 0.100. The first kappa shape index (κ1) is 9.58. The molecule has 0 fully saturated rings. The molecule has 68 valence electrons. The number of hydrogen-bond acceptors (Lipinski definition) is 1. The summed E-state index contributed by atoms with van der Waals surface area (Å²) in [5, 5.41) is 0. The summed E-state index contributed by atoms with van der Waals surface area (Å²) in [6.45, 7) is 3.32. The van der Waals surface area contributed by atoms with E-state index in [1.807, 2.05) is 0 Å². The molecule has 1 aromatic carbocycles. The van der Waals surface area contributed by atoms with Crippen molar-refractivity contribution in [1.82, 2.24) is 0 Å². The van der Waals surface area contributed by atoms with Gasteiger partial charge in [-0.3, -0.25) is 4.79 Å². The fourth-order valence-electron chi connectivity index (χ4n) is 0.997. The molecule has 0 radical (unpaired) electrons. The molecule has 1 rings (SSSR count). The smallest absolute Gasteiger partial charge is 0.172 e. The average molecular weight is 182 g/mol. The molecule has 0 N–H and O–H groups in total. The summed E-state index contributed by atoms with van der Waals surface area (Å²) in [5.74, 6) is -2.25. The maximum absolute atomic E-state index is 12.9. The Morgan fingerprint density at radius 1 is 1.38 bits per heavy atom. The minimum absolute atomic E-state index is 0.0577. The van der Waals surface area contributed by atoms with Crippen molar-refractivity contribution in [3.63, 3.8) is 0 Å². The van der Waals surface area contributed by atoms with E-state index >= 15 is 0 Å². The highest BCUT2D eigenvalue weighted by molar-refractivity contribution is 5.97. The van der Waals surface area contributed by atoms with Crippen molar-refractivity contribution in [2.24, 2.45) is 0 Å². The van der Waals surface area contributed by atoms with Gasteiger partial charge in [0.15, 0.2) is 5.78 Å². The van der Waals surface area contributed by atoms with E-state index < -0.39 is 23.0 Å². The van der Waals surface area contributed by atoms with Gasteiger partial charge in [-0.1, -0.05) is 12.1 Å².